The molecular formula is C27H46N2O3. The van der Waals surface area contributed by atoms with E-state index < -0.39 is 0 Å². The quantitative estimate of drug-likeness (QED) is 0.102. The van der Waals surface area contributed by atoms with Crippen LogP contribution in [0.5, 0.6) is 0 Å². The first-order chi connectivity index (χ1) is 15.9. The van der Waals surface area contributed by atoms with Crippen LogP contribution in [-0.2, 0) is 27.4 Å². The lowest BCUT2D eigenvalue weighted by Gasteiger charge is -2.08. The molecule has 0 fully saturated rings. The number of unbranched alkanes of at least 4 members (excludes halogenated alkanes) is 10. The lowest BCUT2D eigenvalue weighted by Crippen LogP contribution is -2.06. The normalized spacial score (nSPS) is 11.7. The number of allylic oxidation sites excluding steroid dienone is 4. The maximum Gasteiger partial charge on any atom is 0.293 e. The molecule has 1 aromatic rings. The summed E-state index contributed by atoms with van der Waals surface area (Å²) in [6.07, 6.45) is 30.2. The summed E-state index contributed by atoms with van der Waals surface area (Å²) >= 11 is 0. The summed E-state index contributed by atoms with van der Waals surface area (Å²) in [6.45, 7) is 5.44. The summed E-state index contributed by atoms with van der Waals surface area (Å²) < 4.78 is 12.6. The molecule has 0 saturated carbocycles. The minimum Gasteiger partial charge on any atom is -0.468 e. The number of ether oxygens (including phenoxy) is 2. The molecular weight excluding hydrogens is 400 g/mol. The van der Waals surface area contributed by atoms with Gasteiger partial charge in [0.25, 0.3) is 6.47 Å². The van der Waals surface area contributed by atoms with Crippen LogP contribution in [0.1, 0.15) is 103 Å². The Morgan fingerprint density at radius 3 is 2.28 bits per heavy atom. The molecule has 0 aliphatic carbocycles. The molecule has 0 amide bonds. The molecule has 0 spiro atoms. The van der Waals surface area contributed by atoms with Crippen LogP contribution in [0.3, 0.4) is 0 Å². The Labute approximate surface area is 196 Å². The monoisotopic (exact) mass is 446 g/mol. The van der Waals surface area contributed by atoms with E-state index >= 15 is 0 Å². The Kier molecular flexibility index (Phi) is 19.6. The molecule has 0 unspecified atom stereocenters. The molecule has 182 valence electrons. The van der Waals surface area contributed by atoms with E-state index in [2.05, 4.69) is 45.5 Å². The Balaban J connectivity index is 1.93. The maximum absolute atomic E-state index is 10.1. The van der Waals surface area contributed by atoms with Gasteiger partial charge in [0.05, 0.1) is 6.61 Å². The molecule has 0 aliphatic heterocycles. The molecule has 0 saturated heterocycles. The summed E-state index contributed by atoms with van der Waals surface area (Å²) in [5, 5.41) is 0. The molecule has 0 N–H and O–H groups in total. The Morgan fingerprint density at radius 1 is 0.844 bits per heavy atom. The molecule has 5 heteroatoms. The minimum atomic E-state index is 0.467. The molecule has 1 aromatic heterocycles. The molecule has 0 bridgehead atoms. The van der Waals surface area contributed by atoms with E-state index in [1.165, 1.54) is 70.6 Å². The first kappa shape index (κ1) is 28.2. The largest absolute Gasteiger partial charge is 0.468 e. The summed E-state index contributed by atoms with van der Waals surface area (Å²) in [4.78, 5) is 14.5. The van der Waals surface area contributed by atoms with E-state index in [0.717, 1.165) is 31.6 Å². The third-order valence-corrected chi connectivity index (χ3v) is 5.50. The predicted octanol–water partition coefficient (Wildman–Crippen LogP) is 7.17. The highest BCUT2D eigenvalue weighted by Gasteiger charge is 2.03. The van der Waals surface area contributed by atoms with Crippen molar-refractivity contribution in [3.8, 4) is 0 Å². The lowest BCUT2D eigenvalue weighted by molar-refractivity contribution is -0.128. The number of aryl methyl sites for hydroxylation is 1. The maximum atomic E-state index is 10.1. The lowest BCUT2D eigenvalue weighted by atomic mass is 10.1. The fraction of sp³-hybridized carbons (Fsp3) is 0.704. The summed E-state index contributed by atoms with van der Waals surface area (Å²) in [6, 6.07) is 0. The predicted molar refractivity (Wildman–Crippen MR) is 132 cm³/mol. The number of imidazole rings is 1. The number of rotatable bonds is 23. The Bertz CT molecular complexity index is 595. The zero-order valence-electron chi connectivity index (χ0n) is 20.4. The van der Waals surface area contributed by atoms with E-state index in [9.17, 15) is 4.79 Å². The topological polar surface area (TPSA) is 53.4 Å². The van der Waals surface area contributed by atoms with Gasteiger partial charge in [-0.05, 0) is 51.4 Å². The van der Waals surface area contributed by atoms with Gasteiger partial charge in [0, 0.05) is 25.5 Å². The first-order valence-corrected chi connectivity index (χ1v) is 12.8. The SMILES string of the molecule is CCCCC/C=C\C/C=C\CCCCCCCCn1ccnc1COCCCCOC=O. The minimum absolute atomic E-state index is 0.467. The van der Waals surface area contributed by atoms with Crippen LogP contribution in [0.15, 0.2) is 36.7 Å². The van der Waals surface area contributed by atoms with Gasteiger partial charge < -0.3 is 14.0 Å². The van der Waals surface area contributed by atoms with E-state index in [-0.39, 0.29) is 0 Å². The van der Waals surface area contributed by atoms with Gasteiger partial charge in [0.2, 0.25) is 0 Å². The highest BCUT2D eigenvalue weighted by Crippen LogP contribution is 2.10. The second kappa shape index (κ2) is 22.3. The van der Waals surface area contributed by atoms with Gasteiger partial charge in [0.15, 0.2) is 0 Å². The van der Waals surface area contributed by atoms with Crippen molar-refractivity contribution in [1.82, 2.24) is 9.55 Å². The molecule has 0 atom stereocenters. The number of carbonyl (C=O) groups is 1. The van der Waals surface area contributed by atoms with Crippen molar-refractivity contribution in [2.24, 2.45) is 0 Å². The van der Waals surface area contributed by atoms with E-state index in [0.29, 0.717) is 26.3 Å². The second-order valence-corrected chi connectivity index (χ2v) is 8.35. The smallest absolute Gasteiger partial charge is 0.293 e. The van der Waals surface area contributed by atoms with Crippen molar-refractivity contribution in [2.75, 3.05) is 13.2 Å². The average Bonchev–Trinajstić information content (AvgIpc) is 3.25. The molecule has 1 rings (SSSR count). The van der Waals surface area contributed by atoms with E-state index in [1.54, 1.807) is 0 Å². The van der Waals surface area contributed by atoms with Crippen molar-refractivity contribution in [2.45, 2.75) is 110 Å². The molecule has 0 aromatic carbocycles. The third-order valence-electron chi connectivity index (χ3n) is 5.50. The van der Waals surface area contributed by atoms with Crippen LogP contribution < -0.4 is 0 Å². The average molecular weight is 447 g/mol. The standard InChI is InChI=1S/C27H46N2O3/c1-2-3-4-5-6-7-8-9-10-11-12-13-14-15-16-17-21-29-22-20-28-27(29)25-31-23-18-19-24-32-26-30/h6-7,9-10,20,22,26H,2-5,8,11-19,21,23-25H2,1H3/b7-6-,10-9-. The molecule has 0 aliphatic rings. The summed E-state index contributed by atoms with van der Waals surface area (Å²) in [5.74, 6) is 0.997. The Hall–Kier alpha value is -1.88. The van der Waals surface area contributed by atoms with Gasteiger partial charge in [-0.15, -0.1) is 0 Å². The van der Waals surface area contributed by atoms with Crippen molar-refractivity contribution in [1.29, 1.82) is 0 Å². The first-order valence-electron chi connectivity index (χ1n) is 12.8. The van der Waals surface area contributed by atoms with Gasteiger partial charge in [-0.3, -0.25) is 4.79 Å². The molecule has 0 radical (unpaired) electrons. The highest BCUT2D eigenvalue weighted by atomic mass is 16.5. The van der Waals surface area contributed by atoms with Gasteiger partial charge >= 0.3 is 0 Å². The van der Waals surface area contributed by atoms with Crippen LogP contribution in [-0.4, -0.2) is 29.2 Å². The van der Waals surface area contributed by atoms with Crippen LogP contribution in [0.25, 0.3) is 0 Å². The van der Waals surface area contributed by atoms with Gasteiger partial charge in [-0.1, -0.05) is 69.8 Å². The Morgan fingerprint density at radius 2 is 1.53 bits per heavy atom. The van der Waals surface area contributed by atoms with Crippen LogP contribution in [0.4, 0.5) is 0 Å². The second-order valence-electron chi connectivity index (χ2n) is 8.35. The van der Waals surface area contributed by atoms with E-state index in [1.807, 2.05) is 12.4 Å². The third kappa shape index (κ3) is 16.8. The van der Waals surface area contributed by atoms with E-state index in [4.69, 9.17) is 4.74 Å². The summed E-state index contributed by atoms with van der Waals surface area (Å²) in [7, 11) is 0. The zero-order chi connectivity index (χ0) is 23.0. The molecule has 32 heavy (non-hydrogen) atoms. The molecule has 1 heterocycles. The van der Waals surface area contributed by atoms with Gasteiger partial charge in [0.1, 0.15) is 12.4 Å². The van der Waals surface area contributed by atoms with Crippen LogP contribution in [0.2, 0.25) is 0 Å². The number of aromatic nitrogens is 2. The van der Waals surface area contributed by atoms with Crippen molar-refractivity contribution < 1.29 is 14.3 Å². The van der Waals surface area contributed by atoms with Crippen LogP contribution in [0, 0.1) is 0 Å². The van der Waals surface area contributed by atoms with Crippen LogP contribution >= 0.6 is 0 Å². The molecule has 5 nitrogen and oxygen atoms in total. The van der Waals surface area contributed by atoms with Gasteiger partial charge in [-0.2, -0.15) is 0 Å². The summed E-state index contributed by atoms with van der Waals surface area (Å²) in [5.41, 5.74) is 0. The fourth-order valence-corrected chi connectivity index (χ4v) is 3.56. The van der Waals surface area contributed by atoms with Crippen molar-refractivity contribution in [3.05, 3.63) is 42.5 Å². The highest BCUT2D eigenvalue weighted by molar-refractivity contribution is 5.36. The number of hydrogen-bond donors (Lipinski definition) is 0. The number of carbonyl (C=O) groups excluding carboxylic acids is 1. The van der Waals surface area contributed by atoms with Crippen molar-refractivity contribution in [3.63, 3.8) is 0 Å². The number of nitrogens with zero attached hydrogens (tertiary/aromatic N) is 2. The number of hydrogen-bond acceptors (Lipinski definition) is 4. The van der Waals surface area contributed by atoms with Gasteiger partial charge in [-0.25, -0.2) is 4.98 Å². The fourth-order valence-electron chi connectivity index (χ4n) is 3.56. The van der Waals surface area contributed by atoms with Crippen molar-refractivity contribution >= 4 is 6.47 Å². The zero-order valence-corrected chi connectivity index (χ0v) is 20.4.